The molecule has 2 aliphatic rings. The van der Waals surface area contributed by atoms with E-state index in [1.165, 1.54) is 12.1 Å². The first-order valence-corrected chi connectivity index (χ1v) is 9.63. The lowest BCUT2D eigenvalue weighted by Gasteiger charge is -2.24. The first-order valence-electron chi connectivity index (χ1n) is 9.63. The monoisotopic (exact) mass is 369 g/mol. The third kappa shape index (κ3) is 5.46. The lowest BCUT2D eigenvalue weighted by atomic mass is 9.95. The summed E-state index contributed by atoms with van der Waals surface area (Å²) in [5.74, 6) is 0.984. The van der Waals surface area contributed by atoms with E-state index in [-0.39, 0.29) is 17.6 Å². The molecule has 1 aliphatic heterocycles. The summed E-state index contributed by atoms with van der Waals surface area (Å²) in [6.45, 7) is 7.59. The van der Waals surface area contributed by atoms with Gasteiger partial charge in [0.15, 0.2) is 0 Å². The molecule has 27 heavy (non-hydrogen) atoms. The van der Waals surface area contributed by atoms with Gasteiger partial charge in [0.1, 0.15) is 5.82 Å². The van der Waals surface area contributed by atoms with Crippen LogP contribution in [0.4, 0.5) is 4.39 Å². The number of nitrogens with zero attached hydrogens (tertiary/aromatic N) is 1. The number of rotatable bonds is 7. The van der Waals surface area contributed by atoms with Crippen molar-refractivity contribution in [1.29, 1.82) is 0 Å². The maximum Gasteiger partial charge on any atom is 0.223 e. The zero-order valence-electron chi connectivity index (χ0n) is 15.9. The predicted molar refractivity (Wildman–Crippen MR) is 106 cm³/mol. The van der Waals surface area contributed by atoms with Crippen LogP contribution in [0.15, 0.2) is 60.6 Å². The van der Waals surface area contributed by atoms with Gasteiger partial charge in [-0.2, -0.15) is 0 Å². The minimum absolute atomic E-state index is 0.236. The highest BCUT2D eigenvalue weighted by atomic mass is 19.1. The van der Waals surface area contributed by atoms with E-state index in [9.17, 15) is 9.18 Å². The van der Waals surface area contributed by atoms with Crippen LogP contribution < -0.4 is 10.6 Å². The van der Waals surface area contributed by atoms with Crippen LogP contribution in [0.3, 0.4) is 0 Å². The fourth-order valence-electron chi connectivity index (χ4n) is 3.58. The van der Waals surface area contributed by atoms with Gasteiger partial charge in [0, 0.05) is 31.2 Å². The van der Waals surface area contributed by atoms with Crippen LogP contribution in [0.5, 0.6) is 0 Å². The highest BCUT2D eigenvalue weighted by molar-refractivity contribution is 5.77. The van der Waals surface area contributed by atoms with Crippen molar-refractivity contribution in [3.05, 3.63) is 72.0 Å². The Kier molecular flexibility index (Phi) is 6.32. The molecule has 4 nitrogen and oxygen atoms in total. The third-order valence-corrected chi connectivity index (χ3v) is 5.21. The Hall–Kier alpha value is -2.56. The van der Waals surface area contributed by atoms with Gasteiger partial charge in [-0.3, -0.25) is 4.79 Å². The van der Waals surface area contributed by atoms with Gasteiger partial charge in [-0.1, -0.05) is 30.9 Å². The van der Waals surface area contributed by atoms with Gasteiger partial charge in [0.25, 0.3) is 0 Å². The topological polar surface area (TPSA) is 44.4 Å². The van der Waals surface area contributed by atoms with Gasteiger partial charge in [-0.25, -0.2) is 4.39 Å². The molecule has 1 aromatic rings. The summed E-state index contributed by atoms with van der Waals surface area (Å²) >= 11 is 0. The molecule has 0 spiro atoms. The molecule has 2 N–H and O–H groups in total. The molecule has 1 aromatic carbocycles. The summed E-state index contributed by atoms with van der Waals surface area (Å²) in [6.07, 6.45) is 9.89. The number of amides is 1. The van der Waals surface area contributed by atoms with Crippen molar-refractivity contribution >= 4 is 5.91 Å². The number of hydrogen-bond acceptors (Lipinski definition) is 3. The van der Waals surface area contributed by atoms with E-state index in [0.717, 1.165) is 37.1 Å². The van der Waals surface area contributed by atoms with E-state index in [1.807, 2.05) is 11.0 Å². The molecule has 1 amide bonds. The van der Waals surface area contributed by atoms with Crippen LogP contribution in [-0.4, -0.2) is 23.4 Å². The van der Waals surface area contributed by atoms with Crippen molar-refractivity contribution < 1.29 is 9.18 Å². The second-order valence-corrected chi connectivity index (χ2v) is 7.38. The van der Waals surface area contributed by atoms with Crippen molar-refractivity contribution in [2.45, 2.75) is 45.2 Å². The number of hydrogen-bond donors (Lipinski definition) is 2. The molecule has 1 fully saturated rings. The molecule has 3 rings (SSSR count). The summed E-state index contributed by atoms with van der Waals surface area (Å²) in [4.78, 5) is 14.5. The van der Waals surface area contributed by atoms with E-state index in [0.29, 0.717) is 24.8 Å². The summed E-state index contributed by atoms with van der Waals surface area (Å²) in [6, 6.07) is 6.78. The van der Waals surface area contributed by atoms with Crippen molar-refractivity contribution in [2.75, 3.05) is 6.54 Å². The number of nitrogens with one attached hydrogen (secondary N) is 2. The molecular formula is C22H28FN3O. The zero-order valence-corrected chi connectivity index (χ0v) is 15.9. The molecular weight excluding hydrogens is 341 g/mol. The van der Waals surface area contributed by atoms with Gasteiger partial charge in [-0.15, -0.1) is 0 Å². The fraction of sp³-hybridized carbons (Fsp3) is 0.409. The minimum Gasteiger partial charge on any atom is -0.368 e. The average Bonchev–Trinajstić information content (AvgIpc) is 3.09. The Balaban J connectivity index is 1.41. The van der Waals surface area contributed by atoms with Crippen LogP contribution in [0.1, 0.15) is 38.2 Å². The van der Waals surface area contributed by atoms with Gasteiger partial charge in [0.05, 0.1) is 5.82 Å². The van der Waals surface area contributed by atoms with Gasteiger partial charge >= 0.3 is 0 Å². The van der Waals surface area contributed by atoms with E-state index >= 15 is 0 Å². The SMILES string of the molecule is C=C(NCc1ccc(F)cc1)NC1=CCC(CC(=O)N2CCCC2C)C=C1. The fourth-order valence-corrected chi connectivity index (χ4v) is 3.58. The molecule has 1 aliphatic carbocycles. The maximum absolute atomic E-state index is 12.9. The standard InChI is InChI=1S/C22H28FN3O/c1-16-4-3-13-26(16)22(27)14-18-7-11-21(12-8-18)25-17(2)24-15-19-5-9-20(23)10-6-19/h5-7,9-12,16,18,24-25H,2-4,8,13-15H2,1H3. The van der Waals surface area contributed by atoms with Crippen molar-refractivity contribution in [3.63, 3.8) is 0 Å². The molecule has 1 heterocycles. The van der Waals surface area contributed by atoms with Crippen LogP contribution in [0.2, 0.25) is 0 Å². The Morgan fingerprint density at radius 3 is 2.74 bits per heavy atom. The summed E-state index contributed by atoms with van der Waals surface area (Å²) in [5.41, 5.74) is 1.96. The van der Waals surface area contributed by atoms with Gasteiger partial charge in [0.2, 0.25) is 5.91 Å². The number of likely N-dealkylation sites (tertiary alicyclic amines) is 1. The first-order chi connectivity index (χ1) is 13.0. The lowest BCUT2D eigenvalue weighted by Crippen LogP contribution is -2.34. The summed E-state index contributed by atoms with van der Waals surface area (Å²) in [7, 11) is 0. The first kappa shape index (κ1) is 19.2. The van der Waals surface area contributed by atoms with Crippen molar-refractivity contribution in [3.8, 4) is 0 Å². The molecule has 0 saturated carbocycles. The van der Waals surface area contributed by atoms with E-state index in [1.54, 1.807) is 12.1 Å². The van der Waals surface area contributed by atoms with Crippen molar-refractivity contribution in [1.82, 2.24) is 15.5 Å². The number of carbonyl (C=O) groups excluding carboxylic acids is 1. The zero-order chi connectivity index (χ0) is 19.2. The molecule has 1 saturated heterocycles. The largest absolute Gasteiger partial charge is 0.368 e. The normalized spacial score (nSPS) is 21.7. The van der Waals surface area contributed by atoms with Crippen molar-refractivity contribution in [2.24, 2.45) is 5.92 Å². The third-order valence-electron chi connectivity index (χ3n) is 5.21. The molecule has 0 radical (unpaired) electrons. The van der Waals surface area contributed by atoms with E-state index < -0.39 is 0 Å². The molecule has 2 unspecified atom stereocenters. The maximum atomic E-state index is 12.9. The smallest absolute Gasteiger partial charge is 0.223 e. The Bertz CT molecular complexity index is 738. The summed E-state index contributed by atoms with van der Waals surface area (Å²) in [5, 5.41) is 6.42. The summed E-state index contributed by atoms with van der Waals surface area (Å²) < 4.78 is 12.9. The van der Waals surface area contributed by atoms with Gasteiger partial charge in [-0.05, 0) is 55.9 Å². The molecule has 144 valence electrons. The minimum atomic E-state index is -0.236. The number of benzene rings is 1. The lowest BCUT2D eigenvalue weighted by molar-refractivity contribution is -0.132. The molecule has 0 aromatic heterocycles. The molecule has 0 bridgehead atoms. The van der Waals surface area contributed by atoms with Crippen LogP contribution in [-0.2, 0) is 11.3 Å². The number of allylic oxidation sites excluding steroid dienone is 3. The predicted octanol–water partition coefficient (Wildman–Crippen LogP) is 3.84. The van der Waals surface area contributed by atoms with Crippen LogP contribution in [0.25, 0.3) is 0 Å². The van der Waals surface area contributed by atoms with Crippen LogP contribution in [0, 0.1) is 11.7 Å². The Morgan fingerprint density at radius 1 is 1.33 bits per heavy atom. The molecule has 2 atom stereocenters. The second kappa shape index (κ2) is 8.89. The van der Waals surface area contributed by atoms with Crippen LogP contribution >= 0.6 is 0 Å². The van der Waals surface area contributed by atoms with Gasteiger partial charge < -0.3 is 15.5 Å². The number of halogens is 1. The molecule has 5 heteroatoms. The quantitative estimate of drug-likeness (QED) is 0.768. The number of carbonyl (C=O) groups is 1. The highest BCUT2D eigenvalue weighted by Crippen LogP contribution is 2.23. The Morgan fingerprint density at radius 2 is 2.11 bits per heavy atom. The Labute approximate surface area is 160 Å². The second-order valence-electron chi connectivity index (χ2n) is 7.38. The average molecular weight is 369 g/mol. The van der Waals surface area contributed by atoms with E-state index in [2.05, 4.69) is 36.3 Å². The highest BCUT2D eigenvalue weighted by Gasteiger charge is 2.26. The van der Waals surface area contributed by atoms with E-state index in [4.69, 9.17) is 0 Å².